The van der Waals surface area contributed by atoms with Gasteiger partial charge in [0.1, 0.15) is 12.1 Å². The summed E-state index contributed by atoms with van der Waals surface area (Å²) in [6.07, 6.45) is 1.40. The van der Waals surface area contributed by atoms with Gasteiger partial charge in [0.15, 0.2) is 0 Å². The maximum Gasteiger partial charge on any atom is 0.409 e. The molecule has 0 radical (unpaired) electrons. The Kier molecular flexibility index (Phi) is 6.24. The van der Waals surface area contributed by atoms with Gasteiger partial charge in [0.05, 0.1) is 30.2 Å². The molecule has 2 aromatic carbocycles. The third-order valence-electron chi connectivity index (χ3n) is 6.52. The predicted octanol–water partition coefficient (Wildman–Crippen LogP) is 3.73. The molecule has 1 amide bonds. The van der Waals surface area contributed by atoms with Crippen LogP contribution in [-0.4, -0.2) is 67.0 Å². The normalized spacial score (nSPS) is 15.3. The first-order chi connectivity index (χ1) is 16.7. The zero-order valence-electron chi connectivity index (χ0n) is 19.8. The van der Waals surface area contributed by atoms with Gasteiger partial charge in [-0.15, -0.1) is 0 Å². The Hall–Kier alpha value is -3.75. The highest BCUT2D eigenvalue weighted by molar-refractivity contribution is 5.97. The van der Waals surface area contributed by atoms with Crippen molar-refractivity contribution in [2.45, 2.75) is 20.4 Å². The fourth-order valence-corrected chi connectivity index (χ4v) is 4.68. The van der Waals surface area contributed by atoms with Crippen LogP contribution in [0.4, 0.5) is 27.7 Å². The van der Waals surface area contributed by atoms with Crippen molar-refractivity contribution < 1.29 is 9.53 Å². The molecule has 2 aliphatic heterocycles. The highest BCUT2D eigenvalue weighted by Gasteiger charge is 2.23. The van der Waals surface area contributed by atoms with Crippen LogP contribution in [0.25, 0.3) is 10.9 Å². The molecular formula is C25H31N7O2. The van der Waals surface area contributed by atoms with E-state index in [2.05, 4.69) is 73.7 Å². The summed E-state index contributed by atoms with van der Waals surface area (Å²) in [6, 6.07) is 12.7. The lowest BCUT2D eigenvalue weighted by atomic mass is 10.1. The van der Waals surface area contributed by atoms with Gasteiger partial charge < -0.3 is 30.1 Å². The number of nitrogens with zero attached hydrogens (tertiary/aromatic N) is 5. The van der Waals surface area contributed by atoms with Crippen molar-refractivity contribution >= 4 is 39.9 Å². The molecule has 9 nitrogen and oxygen atoms in total. The van der Waals surface area contributed by atoms with Crippen molar-refractivity contribution in [3.8, 4) is 0 Å². The average Bonchev–Trinajstić information content (AvgIpc) is 3.28. The van der Waals surface area contributed by atoms with Crippen molar-refractivity contribution in [3.05, 3.63) is 48.3 Å². The second-order valence-electron chi connectivity index (χ2n) is 8.46. The third-order valence-corrected chi connectivity index (χ3v) is 6.52. The molecule has 0 unspecified atom stereocenters. The van der Waals surface area contributed by atoms with E-state index in [0.717, 1.165) is 48.7 Å². The van der Waals surface area contributed by atoms with Crippen molar-refractivity contribution in [2.75, 3.05) is 66.4 Å². The minimum Gasteiger partial charge on any atom is -0.450 e. The van der Waals surface area contributed by atoms with Crippen LogP contribution in [0.3, 0.4) is 0 Å². The van der Waals surface area contributed by atoms with E-state index < -0.39 is 0 Å². The lowest BCUT2D eigenvalue weighted by molar-refractivity contribution is 0.105. The van der Waals surface area contributed by atoms with Crippen LogP contribution in [0.1, 0.15) is 19.4 Å². The number of carbonyl (C=O) groups is 1. The van der Waals surface area contributed by atoms with Gasteiger partial charge in [-0.05, 0) is 37.6 Å². The molecule has 2 N–H and O–H groups in total. The number of anilines is 4. The summed E-state index contributed by atoms with van der Waals surface area (Å²) in [5, 5.41) is 8.01. The molecule has 178 valence electrons. The van der Waals surface area contributed by atoms with Crippen molar-refractivity contribution in [2.24, 2.45) is 0 Å². The van der Waals surface area contributed by atoms with Gasteiger partial charge >= 0.3 is 6.09 Å². The Labute approximate surface area is 199 Å². The second-order valence-corrected chi connectivity index (χ2v) is 8.46. The first-order valence-electron chi connectivity index (χ1n) is 11.9. The summed E-state index contributed by atoms with van der Waals surface area (Å²) in [6.45, 7) is 9.67. The van der Waals surface area contributed by atoms with E-state index in [4.69, 9.17) is 4.74 Å². The summed E-state index contributed by atoms with van der Waals surface area (Å²) >= 11 is 0. The van der Waals surface area contributed by atoms with Gasteiger partial charge in [0, 0.05) is 50.3 Å². The van der Waals surface area contributed by atoms with Gasteiger partial charge in [-0.3, -0.25) is 0 Å². The number of piperazine rings is 1. The van der Waals surface area contributed by atoms with Crippen LogP contribution in [-0.2, 0) is 11.3 Å². The van der Waals surface area contributed by atoms with Crippen LogP contribution in [0, 0.1) is 0 Å². The molecule has 0 bridgehead atoms. The number of ether oxygens (including phenoxy) is 1. The van der Waals surface area contributed by atoms with Gasteiger partial charge in [-0.2, -0.15) is 0 Å². The van der Waals surface area contributed by atoms with Crippen molar-refractivity contribution in [1.29, 1.82) is 0 Å². The zero-order valence-corrected chi connectivity index (χ0v) is 19.8. The zero-order chi connectivity index (χ0) is 23.5. The number of nitrogens with one attached hydrogen (secondary N) is 2. The number of fused-ring (bicyclic) bond motifs is 2. The molecule has 0 saturated carbocycles. The fourth-order valence-electron chi connectivity index (χ4n) is 4.68. The number of para-hydroxylation sites is 1. The number of hydrogen-bond acceptors (Lipinski definition) is 8. The number of rotatable bonds is 6. The summed E-state index contributed by atoms with van der Waals surface area (Å²) in [5.41, 5.74) is 5.61. The SMILES string of the molecule is CCOC(=O)N1CCN(c2ccccc2CNc2ncnc3cc4c(cc23)NCN4CC)CC1. The van der Waals surface area contributed by atoms with Gasteiger partial charge in [-0.1, -0.05) is 18.2 Å². The van der Waals surface area contributed by atoms with E-state index in [1.807, 2.05) is 6.92 Å². The minimum absolute atomic E-state index is 0.226. The Balaban J connectivity index is 1.32. The Bertz CT molecular complexity index is 1180. The molecule has 9 heteroatoms. The van der Waals surface area contributed by atoms with Gasteiger partial charge in [0.2, 0.25) is 0 Å². The highest BCUT2D eigenvalue weighted by Crippen LogP contribution is 2.36. The van der Waals surface area contributed by atoms with E-state index in [1.165, 1.54) is 16.9 Å². The predicted molar refractivity (Wildman–Crippen MR) is 136 cm³/mol. The Morgan fingerprint density at radius 1 is 1.09 bits per heavy atom. The third kappa shape index (κ3) is 4.25. The van der Waals surface area contributed by atoms with E-state index in [1.54, 1.807) is 11.2 Å². The molecule has 34 heavy (non-hydrogen) atoms. The van der Waals surface area contributed by atoms with Crippen LogP contribution in [0.2, 0.25) is 0 Å². The number of hydrogen-bond donors (Lipinski definition) is 2. The molecule has 1 fully saturated rings. The lowest BCUT2D eigenvalue weighted by Gasteiger charge is -2.36. The Morgan fingerprint density at radius 3 is 2.71 bits per heavy atom. The maximum absolute atomic E-state index is 12.0. The monoisotopic (exact) mass is 461 g/mol. The first kappa shape index (κ1) is 22.1. The second kappa shape index (κ2) is 9.62. The topological polar surface area (TPSA) is 85.9 Å². The highest BCUT2D eigenvalue weighted by atomic mass is 16.6. The molecule has 0 spiro atoms. The fraction of sp³-hybridized carbons (Fsp3) is 0.400. The molecule has 1 saturated heterocycles. The smallest absolute Gasteiger partial charge is 0.409 e. The average molecular weight is 462 g/mol. The van der Waals surface area contributed by atoms with Crippen LogP contribution >= 0.6 is 0 Å². The number of amides is 1. The number of aromatic nitrogens is 2. The molecular weight excluding hydrogens is 430 g/mol. The van der Waals surface area contributed by atoms with Gasteiger partial charge in [0.25, 0.3) is 0 Å². The summed E-state index contributed by atoms with van der Waals surface area (Å²) in [5.74, 6) is 0.825. The number of benzene rings is 2. The Morgan fingerprint density at radius 2 is 1.91 bits per heavy atom. The molecule has 1 aromatic heterocycles. The summed E-state index contributed by atoms with van der Waals surface area (Å²) < 4.78 is 5.15. The van der Waals surface area contributed by atoms with Crippen molar-refractivity contribution in [3.63, 3.8) is 0 Å². The van der Waals surface area contributed by atoms with Crippen molar-refractivity contribution in [1.82, 2.24) is 14.9 Å². The largest absolute Gasteiger partial charge is 0.450 e. The molecule has 5 rings (SSSR count). The minimum atomic E-state index is -0.226. The molecule has 0 aliphatic carbocycles. The summed E-state index contributed by atoms with van der Waals surface area (Å²) in [7, 11) is 0. The molecule has 0 atom stereocenters. The summed E-state index contributed by atoms with van der Waals surface area (Å²) in [4.78, 5) is 27.5. The van der Waals surface area contributed by atoms with E-state index in [0.29, 0.717) is 26.2 Å². The van der Waals surface area contributed by atoms with Crippen LogP contribution in [0.5, 0.6) is 0 Å². The number of carbonyl (C=O) groups excluding carboxylic acids is 1. The molecule has 3 heterocycles. The molecule has 2 aliphatic rings. The van der Waals surface area contributed by atoms with Crippen LogP contribution < -0.4 is 20.4 Å². The van der Waals surface area contributed by atoms with E-state index in [9.17, 15) is 4.79 Å². The lowest BCUT2D eigenvalue weighted by Crippen LogP contribution is -2.49. The maximum atomic E-state index is 12.0. The van der Waals surface area contributed by atoms with E-state index >= 15 is 0 Å². The quantitative estimate of drug-likeness (QED) is 0.574. The first-order valence-corrected chi connectivity index (χ1v) is 11.9. The van der Waals surface area contributed by atoms with Crippen LogP contribution in [0.15, 0.2) is 42.7 Å². The van der Waals surface area contributed by atoms with E-state index in [-0.39, 0.29) is 6.09 Å². The molecule has 3 aromatic rings. The standard InChI is InChI=1S/C25H31N7O2/c1-3-30-17-29-21-13-19-20(14-23(21)30)27-16-28-24(19)26-15-18-7-5-6-8-22(18)31-9-11-32(12-10-31)25(33)34-4-2/h5-8,13-14,16,29H,3-4,9-12,15,17H2,1-2H3,(H,26,27,28). The van der Waals surface area contributed by atoms with Gasteiger partial charge in [-0.25, -0.2) is 14.8 Å².